The fraction of sp³-hybridized carbons (Fsp3) is 0.923. The van der Waals surface area contributed by atoms with Crippen molar-refractivity contribution in [3.8, 4) is 0 Å². The number of carbonyl (C=O) groups is 1. The number of Topliss-reactive ketones (excluding diaryl/α,β-unsaturated/α-hetero) is 1. The van der Waals surface area contributed by atoms with Gasteiger partial charge in [0.15, 0.2) is 0 Å². The van der Waals surface area contributed by atoms with Crippen molar-refractivity contribution in [2.75, 3.05) is 0 Å². The molecule has 2 saturated carbocycles. The highest BCUT2D eigenvalue weighted by Gasteiger charge is 2.43. The maximum absolute atomic E-state index is 11.8. The highest BCUT2D eigenvalue weighted by Crippen LogP contribution is 2.51. The Bertz CT molecular complexity index is 209. The van der Waals surface area contributed by atoms with E-state index in [1.165, 1.54) is 38.5 Å². The summed E-state index contributed by atoms with van der Waals surface area (Å²) in [6.45, 7) is 2.19. The lowest BCUT2D eigenvalue weighted by Crippen LogP contribution is -2.18. The molecule has 0 amide bonds. The summed E-state index contributed by atoms with van der Waals surface area (Å²) in [5.41, 5.74) is 0. The average molecular weight is 194 g/mol. The first-order valence-corrected chi connectivity index (χ1v) is 6.34. The van der Waals surface area contributed by atoms with Gasteiger partial charge in [0.25, 0.3) is 0 Å². The number of rotatable bonds is 5. The van der Waals surface area contributed by atoms with Crippen molar-refractivity contribution in [3.05, 3.63) is 0 Å². The smallest absolute Gasteiger partial charge is 0.135 e. The number of hydrogen-bond acceptors (Lipinski definition) is 1. The molecule has 0 aromatic carbocycles. The largest absolute Gasteiger partial charge is 0.299 e. The van der Waals surface area contributed by atoms with Crippen molar-refractivity contribution in [3.63, 3.8) is 0 Å². The molecule has 0 N–H and O–H groups in total. The predicted molar refractivity (Wildman–Crippen MR) is 58.1 cm³/mol. The molecule has 2 rings (SSSR count). The standard InChI is InChI=1S/C13H22O/c1-2-3-4-5-13(14)11-7-6-10-8-12(10)9-11/h10-12H,2-9H2,1H3. The van der Waals surface area contributed by atoms with Crippen LogP contribution in [0.25, 0.3) is 0 Å². The first kappa shape index (κ1) is 10.2. The minimum absolute atomic E-state index is 0.454. The molecule has 0 spiro atoms. The van der Waals surface area contributed by atoms with E-state index in [0.717, 1.165) is 24.7 Å². The van der Waals surface area contributed by atoms with Gasteiger partial charge in [-0.1, -0.05) is 19.8 Å². The molecule has 0 bridgehead atoms. The van der Waals surface area contributed by atoms with Gasteiger partial charge in [-0.2, -0.15) is 0 Å². The van der Waals surface area contributed by atoms with Crippen molar-refractivity contribution in [1.82, 2.24) is 0 Å². The Morgan fingerprint density at radius 3 is 2.71 bits per heavy atom. The Morgan fingerprint density at radius 1 is 1.14 bits per heavy atom. The molecular weight excluding hydrogens is 172 g/mol. The van der Waals surface area contributed by atoms with Crippen LogP contribution in [-0.2, 0) is 4.79 Å². The molecular formula is C13H22O. The van der Waals surface area contributed by atoms with Crippen LogP contribution in [0, 0.1) is 17.8 Å². The normalized spacial score (nSPS) is 35.1. The van der Waals surface area contributed by atoms with Gasteiger partial charge in [0.1, 0.15) is 5.78 Å². The zero-order valence-corrected chi connectivity index (χ0v) is 9.30. The van der Waals surface area contributed by atoms with E-state index in [9.17, 15) is 4.79 Å². The summed E-state index contributed by atoms with van der Waals surface area (Å²) in [5, 5.41) is 0. The van der Waals surface area contributed by atoms with Gasteiger partial charge in [-0.25, -0.2) is 0 Å². The summed E-state index contributed by atoms with van der Waals surface area (Å²) in [6.07, 6.45) is 9.64. The van der Waals surface area contributed by atoms with Gasteiger partial charge in [0.05, 0.1) is 0 Å². The zero-order chi connectivity index (χ0) is 9.97. The number of fused-ring (bicyclic) bond motifs is 1. The Kier molecular flexibility index (Phi) is 3.25. The van der Waals surface area contributed by atoms with E-state index in [0.29, 0.717) is 11.7 Å². The molecule has 80 valence electrons. The Morgan fingerprint density at radius 2 is 2.00 bits per heavy atom. The third-order valence-corrected chi connectivity index (χ3v) is 4.02. The van der Waals surface area contributed by atoms with Crippen LogP contribution in [0.15, 0.2) is 0 Å². The molecule has 0 heterocycles. The molecule has 2 aliphatic rings. The second kappa shape index (κ2) is 4.46. The van der Waals surface area contributed by atoms with Gasteiger partial charge in [-0.15, -0.1) is 0 Å². The van der Waals surface area contributed by atoms with Crippen LogP contribution in [0.3, 0.4) is 0 Å². The van der Waals surface area contributed by atoms with Gasteiger partial charge in [-0.3, -0.25) is 4.79 Å². The molecule has 0 aromatic rings. The Hall–Kier alpha value is -0.330. The van der Waals surface area contributed by atoms with Crippen LogP contribution < -0.4 is 0 Å². The molecule has 0 saturated heterocycles. The van der Waals surface area contributed by atoms with Crippen molar-refractivity contribution in [1.29, 1.82) is 0 Å². The molecule has 2 fully saturated rings. The third-order valence-electron chi connectivity index (χ3n) is 4.02. The summed E-state index contributed by atoms with van der Waals surface area (Å²) in [7, 11) is 0. The van der Waals surface area contributed by atoms with Crippen LogP contribution in [0.4, 0.5) is 0 Å². The minimum atomic E-state index is 0.454. The number of hydrogen-bond donors (Lipinski definition) is 0. The minimum Gasteiger partial charge on any atom is -0.299 e. The van der Waals surface area contributed by atoms with Crippen molar-refractivity contribution in [2.45, 2.75) is 58.3 Å². The number of carbonyl (C=O) groups excluding carboxylic acids is 1. The predicted octanol–water partition coefficient (Wildman–Crippen LogP) is 3.57. The maximum atomic E-state index is 11.8. The molecule has 14 heavy (non-hydrogen) atoms. The second-order valence-corrected chi connectivity index (χ2v) is 5.19. The fourth-order valence-corrected chi connectivity index (χ4v) is 2.90. The summed E-state index contributed by atoms with van der Waals surface area (Å²) in [6, 6.07) is 0. The van der Waals surface area contributed by atoms with Gasteiger partial charge < -0.3 is 0 Å². The van der Waals surface area contributed by atoms with Crippen molar-refractivity contribution < 1.29 is 4.79 Å². The van der Waals surface area contributed by atoms with Gasteiger partial charge in [0.2, 0.25) is 0 Å². The second-order valence-electron chi connectivity index (χ2n) is 5.19. The van der Waals surface area contributed by atoms with E-state index in [2.05, 4.69) is 6.92 Å². The monoisotopic (exact) mass is 194 g/mol. The lowest BCUT2D eigenvalue weighted by Gasteiger charge is -2.19. The summed E-state index contributed by atoms with van der Waals surface area (Å²) in [5.74, 6) is 3.00. The van der Waals surface area contributed by atoms with Crippen molar-refractivity contribution in [2.24, 2.45) is 17.8 Å². The average Bonchev–Trinajstić information content (AvgIpc) is 2.95. The van der Waals surface area contributed by atoms with Crippen LogP contribution in [-0.4, -0.2) is 5.78 Å². The van der Waals surface area contributed by atoms with E-state index in [1.54, 1.807) is 0 Å². The fourth-order valence-electron chi connectivity index (χ4n) is 2.90. The Labute approximate surface area is 87.3 Å². The van der Waals surface area contributed by atoms with Crippen LogP contribution in [0.1, 0.15) is 58.3 Å². The molecule has 2 aliphatic carbocycles. The molecule has 3 atom stereocenters. The van der Waals surface area contributed by atoms with Crippen molar-refractivity contribution >= 4 is 5.78 Å². The topological polar surface area (TPSA) is 17.1 Å². The van der Waals surface area contributed by atoms with Gasteiger partial charge in [-0.05, 0) is 43.9 Å². The molecule has 0 aromatic heterocycles. The highest BCUT2D eigenvalue weighted by molar-refractivity contribution is 5.81. The van der Waals surface area contributed by atoms with Gasteiger partial charge >= 0.3 is 0 Å². The Balaban J connectivity index is 1.68. The maximum Gasteiger partial charge on any atom is 0.135 e. The van der Waals surface area contributed by atoms with E-state index in [-0.39, 0.29) is 0 Å². The molecule has 3 unspecified atom stereocenters. The van der Waals surface area contributed by atoms with E-state index < -0.39 is 0 Å². The van der Waals surface area contributed by atoms with E-state index in [1.807, 2.05) is 0 Å². The summed E-state index contributed by atoms with van der Waals surface area (Å²) < 4.78 is 0. The van der Waals surface area contributed by atoms with Crippen LogP contribution in [0.2, 0.25) is 0 Å². The van der Waals surface area contributed by atoms with E-state index >= 15 is 0 Å². The molecule has 1 heteroatoms. The molecule has 1 nitrogen and oxygen atoms in total. The number of ketones is 1. The zero-order valence-electron chi connectivity index (χ0n) is 9.30. The molecule has 0 radical (unpaired) electrons. The first-order chi connectivity index (χ1) is 6.81. The lowest BCUT2D eigenvalue weighted by atomic mass is 9.84. The quantitative estimate of drug-likeness (QED) is 0.611. The summed E-state index contributed by atoms with van der Waals surface area (Å²) in [4.78, 5) is 11.8. The number of unbranched alkanes of at least 4 members (excludes halogenated alkanes) is 2. The SMILES string of the molecule is CCCCCC(=O)C1CCC2CC2C1. The lowest BCUT2D eigenvalue weighted by molar-refractivity contribution is -0.124. The van der Waals surface area contributed by atoms with E-state index in [4.69, 9.17) is 0 Å². The molecule has 0 aliphatic heterocycles. The van der Waals surface area contributed by atoms with Crippen LogP contribution >= 0.6 is 0 Å². The van der Waals surface area contributed by atoms with Crippen LogP contribution in [0.5, 0.6) is 0 Å². The third kappa shape index (κ3) is 2.37. The highest BCUT2D eigenvalue weighted by atomic mass is 16.1. The first-order valence-electron chi connectivity index (χ1n) is 6.34. The summed E-state index contributed by atoms with van der Waals surface area (Å²) >= 11 is 0. The van der Waals surface area contributed by atoms with Gasteiger partial charge in [0, 0.05) is 12.3 Å².